The summed E-state index contributed by atoms with van der Waals surface area (Å²) in [5.74, 6) is 1.67. The Kier molecular flexibility index (Phi) is 8.68. The van der Waals surface area contributed by atoms with Gasteiger partial charge in [0.15, 0.2) is 5.11 Å². The predicted octanol–water partition coefficient (Wildman–Crippen LogP) is 5.19. The van der Waals surface area contributed by atoms with E-state index in [4.69, 9.17) is 21.7 Å². The SMILES string of the molecule is C=C(C)COc1ccccc1NC(=S)NC(=O)c1ccc(OCCC(C)C)cc1. The van der Waals surface area contributed by atoms with E-state index in [1.807, 2.05) is 31.2 Å². The summed E-state index contributed by atoms with van der Waals surface area (Å²) >= 11 is 5.27. The minimum absolute atomic E-state index is 0.193. The molecule has 5 nitrogen and oxygen atoms in total. The van der Waals surface area contributed by atoms with Crippen LogP contribution in [0.4, 0.5) is 5.69 Å². The van der Waals surface area contributed by atoms with E-state index in [-0.39, 0.29) is 11.0 Å². The van der Waals surface area contributed by atoms with Crippen LogP contribution in [0.2, 0.25) is 0 Å². The highest BCUT2D eigenvalue weighted by molar-refractivity contribution is 7.80. The van der Waals surface area contributed by atoms with Gasteiger partial charge in [-0.3, -0.25) is 10.1 Å². The van der Waals surface area contributed by atoms with E-state index in [0.717, 1.165) is 17.7 Å². The monoisotopic (exact) mass is 412 g/mol. The number of carbonyl (C=O) groups excluding carboxylic acids is 1. The zero-order valence-corrected chi connectivity index (χ0v) is 18.0. The lowest BCUT2D eigenvalue weighted by Gasteiger charge is -2.14. The topological polar surface area (TPSA) is 59.6 Å². The number of ether oxygens (including phenoxy) is 2. The minimum Gasteiger partial charge on any atom is -0.494 e. The maximum absolute atomic E-state index is 12.4. The Morgan fingerprint density at radius 2 is 1.79 bits per heavy atom. The van der Waals surface area contributed by atoms with Crippen molar-refractivity contribution in [3.05, 3.63) is 66.2 Å². The van der Waals surface area contributed by atoms with Gasteiger partial charge in [0.25, 0.3) is 5.91 Å². The lowest BCUT2D eigenvalue weighted by Crippen LogP contribution is -2.34. The Hall–Kier alpha value is -2.86. The zero-order chi connectivity index (χ0) is 21.2. The van der Waals surface area contributed by atoms with Crippen molar-refractivity contribution in [2.45, 2.75) is 27.2 Å². The van der Waals surface area contributed by atoms with E-state index >= 15 is 0 Å². The maximum Gasteiger partial charge on any atom is 0.257 e. The summed E-state index contributed by atoms with van der Waals surface area (Å²) in [6, 6.07) is 14.4. The van der Waals surface area contributed by atoms with Gasteiger partial charge in [-0.25, -0.2) is 0 Å². The van der Waals surface area contributed by atoms with Gasteiger partial charge < -0.3 is 14.8 Å². The normalized spacial score (nSPS) is 10.3. The molecule has 0 aliphatic heterocycles. The van der Waals surface area contributed by atoms with Gasteiger partial charge in [0.1, 0.15) is 18.1 Å². The lowest BCUT2D eigenvalue weighted by atomic mass is 10.1. The first kappa shape index (κ1) is 22.4. The van der Waals surface area contributed by atoms with Crippen molar-refractivity contribution >= 4 is 28.9 Å². The van der Waals surface area contributed by atoms with E-state index in [2.05, 4.69) is 31.1 Å². The Bertz CT molecular complexity index is 847. The largest absolute Gasteiger partial charge is 0.494 e. The third-order valence-electron chi connectivity index (χ3n) is 3.92. The smallest absolute Gasteiger partial charge is 0.257 e. The molecule has 0 atom stereocenters. The molecule has 154 valence electrons. The van der Waals surface area contributed by atoms with Crippen LogP contribution in [0.25, 0.3) is 0 Å². The zero-order valence-electron chi connectivity index (χ0n) is 17.2. The van der Waals surface area contributed by atoms with E-state index < -0.39 is 0 Å². The molecule has 2 aromatic rings. The number of para-hydroxylation sites is 2. The molecular formula is C23H28N2O3S. The Morgan fingerprint density at radius 3 is 2.45 bits per heavy atom. The van der Waals surface area contributed by atoms with Crippen LogP contribution in [0.3, 0.4) is 0 Å². The third kappa shape index (κ3) is 7.95. The molecule has 0 saturated heterocycles. The number of anilines is 1. The van der Waals surface area contributed by atoms with Crippen LogP contribution in [0.1, 0.15) is 37.6 Å². The molecule has 6 heteroatoms. The first-order valence-corrected chi connectivity index (χ1v) is 9.97. The molecular weight excluding hydrogens is 384 g/mol. The minimum atomic E-state index is -0.295. The number of thiocarbonyl (C=S) groups is 1. The fourth-order valence-electron chi connectivity index (χ4n) is 2.34. The fraction of sp³-hybridized carbons (Fsp3) is 0.304. The number of carbonyl (C=O) groups is 1. The fourth-order valence-corrected chi connectivity index (χ4v) is 2.54. The average molecular weight is 413 g/mol. The van der Waals surface area contributed by atoms with Crippen LogP contribution < -0.4 is 20.1 Å². The molecule has 29 heavy (non-hydrogen) atoms. The predicted molar refractivity (Wildman–Crippen MR) is 122 cm³/mol. The van der Waals surface area contributed by atoms with Gasteiger partial charge in [0, 0.05) is 5.56 Å². The molecule has 0 heterocycles. The van der Waals surface area contributed by atoms with Crippen molar-refractivity contribution in [3.63, 3.8) is 0 Å². The van der Waals surface area contributed by atoms with Gasteiger partial charge in [0.05, 0.1) is 12.3 Å². The van der Waals surface area contributed by atoms with Crippen molar-refractivity contribution in [1.29, 1.82) is 0 Å². The Balaban J connectivity index is 1.91. The van der Waals surface area contributed by atoms with Crippen LogP contribution in [-0.2, 0) is 0 Å². The molecule has 0 radical (unpaired) electrons. The standard InChI is InChI=1S/C23H28N2O3S/c1-16(2)13-14-27-19-11-9-18(10-12-19)22(26)25-23(29)24-20-7-5-6-8-21(20)28-15-17(3)4/h5-12,16H,3,13-15H2,1-2,4H3,(H2,24,25,26,29). The highest BCUT2D eigenvalue weighted by Gasteiger charge is 2.10. The number of amides is 1. The first-order chi connectivity index (χ1) is 13.8. The number of nitrogens with one attached hydrogen (secondary N) is 2. The molecule has 0 spiro atoms. The van der Waals surface area contributed by atoms with Crippen molar-refractivity contribution in [3.8, 4) is 11.5 Å². The van der Waals surface area contributed by atoms with Gasteiger partial charge in [-0.05, 0) is 73.5 Å². The highest BCUT2D eigenvalue weighted by Crippen LogP contribution is 2.24. The first-order valence-electron chi connectivity index (χ1n) is 9.56. The van der Waals surface area contributed by atoms with Crippen molar-refractivity contribution in [2.24, 2.45) is 5.92 Å². The number of rotatable bonds is 9. The molecule has 2 aromatic carbocycles. The van der Waals surface area contributed by atoms with Gasteiger partial charge in [-0.2, -0.15) is 0 Å². The average Bonchev–Trinajstić information content (AvgIpc) is 2.67. The molecule has 2 N–H and O–H groups in total. The highest BCUT2D eigenvalue weighted by atomic mass is 32.1. The summed E-state index contributed by atoms with van der Waals surface area (Å²) in [6.45, 7) is 11.1. The second-order valence-corrected chi connectivity index (χ2v) is 7.61. The summed E-state index contributed by atoms with van der Waals surface area (Å²) < 4.78 is 11.4. The van der Waals surface area contributed by atoms with Crippen LogP contribution in [0.5, 0.6) is 11.5 Å². The third-order valence-corrected chi connectivity index (χ3v) is 4.12. The molecule has 0 aliphatic rings. The summed E-state index contributed by atoms with van der Waals surface area (Å²) in [5, 5.41) is 5.88. The molecule has 0 aliphatic carbocycles. The van der Waals surface area contributed by atoms with E-state index in [9.17, 15) is 4.79 Å². The van der Waals surface area contributed by atoms with Gasteiger partial charge in [-0.1, -0.05) is 32.6 Å². The second-order valence-electron chi connectivity index (χ2n) is 7.21. The van der Waals surface area contributed by atoms with Crippen molar-refractivity contribution < 1.29 is 14.3 Å². The summed E-state index contributed by atoms with van der Waals surface area (Å²) in [7, 11) is 0. The summed E-state index contributed by atoms with van der Waals surface area (Å²) in [6.07, 6.45) is 0.986. The summed E-state index contributed by atoms with van der Waals surface area (Å²) in [4.78, 5) is 12.4. The van der Waals surface area contributed by atoms with E-state index in [0.29, 0.717) is 36.1 Å². The molecule has 0 saturated carbocycles. The summed E-state index contributed by atoms with van der Waals surface area (Å²) in [5.41, 5.74) is 2.08. The Labute approximate surface area is 178 Å². The molecule has 2 rings (SSSR count). The van der Waals surface area contributed by atoms with Gasteiger partial charge in [-0.15, -0.1) is 0 Å². The lowest BCUT2D eigenvalue weighted by molar-refractivity contribution is 0.0977. The van der Waals surface area contributed by atoms with E-state index in [1.165, 1.54) is 0 Å². The van der Waals surface area contributed by atoms with Gasteiger partial charge in [0.2, 0.25) is 0 Å². The van der Waals surface area contributed by atoms with Crippen molar-refractivity contribution in [2.75, 3.05) is 18.5 Å². The number of hydrogen-bond donors (Lipinski definition) is 2. The quantitative estimate of drug-likeness (QED) is 0.438. The van der Waals surface area contributed by atoms with Crippen LogP contribution in [-0.4, -0.2) is 24.2 Å². The molecule has 0 fully saturated rings. The van der Waals surface area contributed by atoms with Crippen molar-refractivity contribution in [1.82, 2.24) is 5.32 Å². The van der Waals surface area contributed by atoms with Gasteiger partial charge >= 0.3 is 0 Å². The number of benzene rings is 2. The molecule has 0 bridgehead atoms. The Morgan fingerprint density at radius 1 is 1.10 bits per heavy atom. The van der Waals surface area contributed by atoms with E-state index in [1.54, 1.807) is 24.3 Å². The molecule has 0 aromatic heterocycles. The molecule has 1 amide bonds. The maximum atomic E-state index is 12.4. The number of hydrogen-bond acceptors (Lipinski definition) is 4. The molecule has 0 unspecified atom stereocenters. The van der Waals surface area contributed by atoms with Crippen LogP contribution in [0, 0.1) is 5.92 Å². The van der Waals surface area contributed by atoms with Crippen LogP contribution in [0.15, 0.2) is 60.7 Å². The van der Waals surface area contributed by atoms with Crippen LogP contribution >= 0.6 is 12.2 Å². The second kappa shape index (κ2) is 11.2.